The summed E-state index contributed by atoms with van der Waals surface area (Å²) in [6.45, 7) is 8.22. The van der Waals surface area contributed by atoms with E-state index in [1.54, 1.807) is 0 Å². The first kappa shape index (κ1) is 13.2. The van der Waals surface area contributed by atoms with E-state index in [0.717, 1.165) is 6.42 Å². The van der Waals surface area contributed by atoms with Crippen molar-refractivity contribution in [1.82, 2.24) is 0 Å². The lowest BCUT2D eigenvalue weighted by molar-refractivity contribution is -0.143. The number of aliphatic carboxylic acids is 1. The summed E-state index contributed by atoms with van der Waals surface area (Å²) in [5.41, 5.74) is 0. The smallest absolute Gasteiger partial charge is 0.307 e. The largest absolute Gasteiger partial charge is 0.481 e. The summed E-state index contributed by atoms with van der Waals surface area (Å²) in [5, 5.41) is 8.92. The van der Waals surface area contributed by atoms with E-state index in [1.807, 2.05) is 19.9 Å². The lowest BCUT2D eigenvalue weighted by atomic mass is 9.92. The summed E-state index contributed by atoms with van der Waals surface area (Å²) in [4.78, 5) is 10.8. The summed E-state index contributed by atoms with van der Waals surface area (Å²) in [6, 6.07) is 0. The molecule has 0 fully saturated rings. The normalized spacial score (nSPS) is 14.1. The molecular weight excluding hydrogens is 176 g/mol. The van der Waals surface area contributed by atoms with Crippen LogP contribution in [0.4, 0.5) is 0 Å². The van der Waals surface area contributed by atoms with Crippen molar-refractivity contribution in [2.24, 2.45) is 17.8 Å². The fraction of sp³-hybridized carbons (Fsp3) is 0.750. The molecule has 0 aromatic heterocycles. The number of carboxylic acids is 1. The van der Waals surface area contributed by atoms with Gasteiger partial charge in [0, 0.05) is 0 Å². The number of allylic oxidation sites excluding steroid dienone is 2. The van der Waals surface area contributed by atoms with Gasteiger partial charge < -0.3 is 5.11 Å². The van der Waals surface area contributed by atoms with Crippen molar-refractivity contribution >= 4 is 5.97 Å². The minimum absolute atomic E-state index is 0.205. The molecule has 0 rings (SSSR count). The van der Waals surface area contributed by atoms with E-state index < -0.39 is 5.97 Å². The lowest BCUT2D eigenvalue weighted by Crippen LogP contribution is -2.18. The molecule has 14 heavy (non-hydrogen) atoms. The Bertz CT molecular complexity index is 192. The zero-order valence-electron chi connectivity index (χ0n) is 9.66. The van der Waals surface area contributed by atoms with Crippen molar-refractivity contribution < 1.29 is 9.90 Å². The van der Waals surface area contributed by atoms with E-state index in [0.29, 0.717) is 12.3 Å². The van der Waals surface area contributed by atoms with E-state index >= 15 is 0 Å². The second kappa shape index (κ2) is 6.63. The zero-order valence-corrected chi connectivity index (χ0v) is 9.66. The van der Waals surface area contributed by atoms with Crippen molar-refractivity contribution in [1.29, 1.82) is 0 Å². The van der Waals surface area contributed by atoms with Gasteiger partial charge in [0.25, 0.3) is 0 Å². The molecule has 0 heterocycles. The molecule has 0 unspecified atom stereocenters. The fourth-order valence-corrected chi connectivity index (χ4v) is 1.27. The molecular formula is C12H22O2. The molecule has 0 amide bonds. The van der Waals surface area contributed by atoms with Crippen molar-refractivity contribution in [3.05, 3.63) is 12.2 Å². The third kappa shape index (κ3) is 5.79. The summed E-state index contributed by atoms with van der Waals surface area (Å²) < 4.78 is 0. The second-order valence-corrected chi connectivity index (χ2v) is 4.53. The van der Waals surface area contributed by atoms with E-state index in [9.17, 15) is 4.79 Å². The van der Waals surface area contributed by atoms with Crippen LogP contribution < -0.4 is 0 Å². The zero-order chi connectivity index (χ0) is 11.1. The Kier molecular flexibility index (Phi) is 6.26. The van der Waals surface area contributed by atoms with Crippen LogP contribution in [0.5, 0.6) is 0 Å². The molecule has 2 nitrogen and oxygen atoms in total. The first-order chi connectivity index (χ1) is 6.45. The molecule has 0 aromatic rings. The molecule has 0 aliphatic heterocycles. The fourth-order valence-electron chi connectivity index (χ4n) is 1.27. The van der Waals surface area contributed by atoms with Gasteiger partial charge in [0.05, 0.1) is 5.92 Å². The molecule has 82 valence electrons. The van der Waals surface area contributed by atoms with Crippen LogP contribution in [-0.4, -0.2) is 11.1 Å². The molecule has 0 saturated heterocycles. The van der Waals surface area contributed by atoms with Crippen LogP contribution in [0.2, 0.25) is 0 Å². The van der Waals surface area contributed by atoms with Gasteiger partial charge in [-0.3, -0.25) is 4.79 Å². The van der Waals surface area contributed by atoms with E-state index in [2.05, 4.69) is 19.9 Å². The average Bonchev–Trinajstić information content (AvgIpc) is 2.01. The first-order valence-electron chi connectivity index (χ1n) is 5.33. The predicted octanol–water partition coefficient (Wildman–Crippen LogP) is 3.34. The Morgan fingerprint density at radius 3 is 2.00 bits per heavy atom. The highest BCUT2D eigenvalue weighted by Gasteiger charge is 2.19. The maximum absolute atomic E-state index is 10.8. The summed E-state index contributed by atoms with van der Waals surface area (Å²) in [5.74, 6) is -0.0719. The van der Waals surface area contributed by atoms with Crippen LogP contribution in [0, 0.1) is 17.8 Å². The maximum atomic E-state index is 10.8. The van der Waals surface area contributed by atoms with Crippen molar-refractivity contribution in [3.8, 4) is 0 Å². The highest BCUT2D eigenvalue weighted by Crippen LogP contribution is 2.16. The summed E-state index contributed by atoms with van der Waals surface area (Å²) in [7, 11) is 0. The van der Waals surface area contributed by atoms with Gasteiger partial charge in [0.1, 0.15) is 0 Å². The van der Waals surface area contributed by atoms with Gasteiger partial charge in [-0.1, -0.05) is 39.8 Å². The highest BCUT2D eigenvalue weighted by molar-refractivity contribution is 5.70. The molecule has 0 bridgehead atoms. The molecule has 2 heteroatoms. The van der Waals surface area contributed by atoms with Gasteiger partial charge in [-0.2, -0.15) is 0 Å². The van der Waals surface area contributed by atoms with Gasteiger partial charge in [-0.05, 0) is 24.7 Å². The SMILES string of the molecule is CC(C)C/C=C/C[C@H](C(=O)O)C(C)C. The van der Waals surface area contributed by atoms with Gasteiger partial charge in [0.2, 0.25) is 0 Å². The third-order valence-corrected chi connectivity index (χ3v) is 2.29. The lowest BCUT2D eigenvalue weighted by Gasteiger charge is -2.13. The Hall–Kier alpha value is -0.790. The van der Waals surface area contributed by atoms with Crippen LogP contribution >= 0.6 is 0 Å². The van der Waals surface area contributed by atoms with E-state index in [1.165, 1.54) is 0 Å². The number of hydrogen-bond donors (Lipinski definition) is 1. The predicted molar refractivity (Wildman–Crippen MR) is 59.2 cm³/mol. The van der Waals surface area contributed by atoms with Crippen molar-refractivity contribution in [2.45, 2.75) is 40.5 Å². The number of carboxylic acid groups (broad SMARTS) is 1. The quantitative estimate of drug-likeness (QED) is 0.665. The number of carbonyl (C=O) groups is 1. The van der Waals surface area contributed by atoms with Gasteiger partial charge in [-0.15, -0.1) is 0 Å². The molecule has 0 spiro atoms. The highest BCUT2D eigenvalue weighted by atomic mass is 16.4. The molecule has 0 aliphatic rings. The van der Waals surface area contributed by atoms with E-state index in [4.69, 9.17) is 5.11 Å². The Labute approximate surface area is 87.0 Å². The number of hydrogen-bond acceptors (Lipinski definition) is 1. The van der Waals surface area contributed by atoms with Crippen molar-refractivity contribution in [3.63, 3.8) is 0 Å². The minimum Gasteiger partial charge on any atom is -0.481 e. The molecule has 0 saturated carbocycles. The van der Waals surface area contributed by atoms with Crippen LogP contribution in [0.15, 0.2) is 12.2 Å². The van der Waals surface area contributed by atoms with Crippen molar-refractivity contribution in [2.75, 3.05) is 0 Å². The minimum atomic E-state index is -0.686. The molecule has 0 aromatic carbocycles. The summed E-state index contributed by atoms with van der Waals surface area (Å²) >= 11 is 0. The van der Waals surface area contributed by atoms with E-state index in [-0.39, 0.29) is 11.8 Å². The maximum Gasteiger partial charge on any atom is 0.307 e. The van der Waals surface area contributed by atoms with Gasteiger partial charge in [-0.25, -0.2) is 0 Å². The molecule has 1 N–H and O–H groups in total. The van der Waals surface area contributed by atoms with Gasteiger partial charge >= 0.3 is 5.97 Å². The Morgan fingerprint density at radius 1 is 1.14 bits per heavy atom. The third-order valence-electron chi connectivity index (χ3n) is 2.29. The standard InChI is InChI=1S/C12H22O2/c1-9(2)7-5-6-8-11(10(3)4)12(13)14/h5-6,9-11H,7-8H2,1-4H3,(H,13,14)/b6-5+/t11-/m0/s1. The average molecular weight is 198 g/mol. The Morgan fingerprint density at radius 2 is 1.64 bits per heavy atom. The number of rotatable bonds is 6. The monoisotopic (exact) mass is 198 g/mol. The van der Waals surface area contributed by atoms with Crippen LogP contribution in [0.25, 0.3) is 0 Å². The molecule has 0 aliphatic carbocycles. The Balaban J connectivity index is 3.94. The molecule has 1 atom stereocenters. The van der Waals surface area contributed by atoms with Gasteiger partial charge in [0.15, 0.2) is 0 Å². The van der Waals surface area contributed by atoms with Crippen LogP contribution in [0.3, 0.4) is 0 Å². The molecule has 0 radical (unpaired) electrons. The van der Waals surface area contributed by atoms with Crippen LogP contribution in [0.1, 0.15) is 40.5 Å². The summed E-state index contributed by atoms with van der Waals surface area (Å²) in [6.07, 6.45) is 5.77. The topological polar surface area (TPSA) is 37.3 Å². The second-order valence-electron chi connectivity index (χ2n) is 4.53. The first-order valence-corrected chi connectivity index (χ1v) is 5.33. The van der Waals surface area contributed by atoms with Crippen LogP contribution in [-0.2, 0) is 4.79 Å².